The van der Waals surface area contributed by atoms with E-state index in [2.05, 4.69) is 15.4 Å². The number of nitrogens with zero attached hydrogens (tertiary/aromatic N) is 4. The van der Waals surface area contributed by atoms with Crippen LogP contribution < -0.4 is 5.32 Å². The fraction of sp³-hybridized carbons (Fsp3) is 0.250. The smallest absolute Gasteiger partial charge is 0.310 e. The van der Waals surface area contributed by atoms with E-state index in [0.29, 0.717) is 18.8 Å². The van der Waals surface area contributed by atoms with Crippen molar-refractivity contribution in [3.8, 4) is 5.75 Å². The van der Waals surface area contributed by atoms with Gasteiger partial charge in [-0.15, -0.1) is 0 Å². The Morgan fingerprint density at radius 1 is 1.52 bits per heavy atom. The predicted molar refractivity (Wildman–Crippen MR) is 71.8 cm³/mol. The summed E-state index contributed by atoms with van der Waals surface area (Å²) in [5.41, 5.74) is -0.295. The normalized spacial score (nSPS) is 10.3. The van der Waals surface area contributed by atoms with Crippen LogP contribution in [0.15, 0.2) is 24.5 Å². The zero-order valence-electron chi connectivity index (χ0n) is 11.2. The van der Waals surface area contributed by atoms with Crippen molar-refractivity contribution < 1.29 is 14.8 Å². The maximum Gasteiger partial charge on any atom is 0.310 e. The minimum absolute atomic E-state index is 0.145. The van der Waals surface area contributed by atoms with E-state index in [1.165, 1.54) is 6.07 Å². The lowest BCUT2D eigenvalue weighted by Crippen LogP contribution is -2.26. The van der Waals surface area contributed by atoms with Gasteiger partial charge in [0.1, 0.15) is 6.33 Å². The summed E-state index contributed by atoms with van der Waals surface area (Å²) in [5.74, 6) is -0.375. The van der Waals surface area contributed by atoms with Crippen molar-refractivity contribution in [1.29, 1.82) is 0 Å². The number of carbonyl (C=O) groups excluding carboxylic acids is 1. The summed E-state index contributed by atoms with van der Waals surface area (Å²) in [7, 11) is 1.74. The Kier molecular flexibility index (Phi) is 4.12. The van der Waals surface area contributed by atoms with E-state index in [4.69, 9.17) is 0 Å². The van der Waals surface area contributed by atoms with Gasteiger partial charge < -0.3 is 10.4 Å². The van der Waals surface area contributed by atoms with Gasteiger partial charge in [-0.05, 0) is 12.1 Å². The highest BCUT2D eigenvalue weighted by atomic mass is 16.6. The van der Waals surface area contributed by atoms with E-state index < -0.39 is 22.3 Å². The third-order valence-electron chi connectivity index (χ3n) is 2.72. The van der Waals surface area contributed by atoms with Crippen molar-refractivity contribution in [2.24, 2.45) is 7.05 Å². The Hall–Kier alpha value is -2.97. The van der Waals surface area contributed by atoms with Crippen LogP contribution in [0.2, 0.25) is 0 Å². The number of phenolic OH excluding ortho intramolecular Hbond substituents is 1. The van der Waals surface area contributed by atoms with Crippen molar-refractivity contribution in [2.45, 2.75) is 6.42 Å². The first kappa shape index (κ1) is 14.4. The maximum absolute atomic E-state index is 11.8. The molecule has 0 spiro atoms. The first-order chi connectivity index (χ1) is 9.97. The number of nitro benzene ring substituents is 1. The molecule has 0 aliphatic heterocycles. The minimum Gasteiger partial charge on any atom is -0.502 e. The maximum atomic E-state index is 11.8. The molecule has 1 heterocycles. The van der Waals surface area contributed by atoms with Gasteiger partial charge >= 0.3 is 5.69 Å². The Labute approximate surface area is 119 Å². The average Bonchev–Trinajstić information content (AvgIpc) is 2.83. The van der Waals surface area contributed by atoms with Crippen LogP contribution in [-0.4, -0.2) is 37.2 Å². The van der Waals surface area contributed by atoms with Crippen molar-refractivity contribution in [2.75, 3.05) is 6.54 Å². The Morgan fingerprint density at radius 3 is 2.86 bits per heavy atom. The molecular weight excluding hydrogens is 278 g/mol. The molecule has 0 saturated carbocycles. The summed E-state index contributed by atoms with van der Waals surface area (Å²) in [5, 5.41) is 26.7. The van der Waals surface area contributed by atoms with E-state index in [1.807, 2.05) is 0 Å². The number of aromatic hydroxyl groups is 1. The highest BCUT2D eigenvalue weighted by molar-refractivity contribution is 5.95. The minimum atomic E-state index is -0.718. The van der Waals surface area contributed by atoms with Gasteiger partial charge in [-0.3, -0.25) is 19.6 Å². The van der Waals surface area contributed by atoms with Gasteiger partial charge in [-0.1, -0.05) is 0 Å². The summed E-state index contributed by atoms with van der Waals surface area (Å²) >= 11 is 0. The fourth-order valence-corrected chi connectivity index (χ4v) is 1.71. The number of hydrogen-bond donors (Lipinski definition) is 2. The average molecular weight is 291 g/mol. The zero-order chi connectivity index (χ0) is 15.4. The van der Waals surface area contributed by atoms with Crippen molar-refractivity contribution in [3.63, 3.8) is 0 Å². The van der Waals surface area contributed by atoms with Crippen LogP contribution in [0.4, 0.5) is 5.69 Å². The van der Waals surface area contributed by atoms with Crippen molar-refractivity contribution in [3.05, 3.63) is 46.0 Å². The van der Waals surface area contributed by atoms with Gasteiger partial charge in [0.25, 0.3) is 5.91 Å². The van der Waals surface area contributed by atoms with Gasteiger partial charge in [0.2, 0.25) is 0 Å². The molecular formula is C12H13N5O4. The number of rotatable bonds is 5. The van der Waals surface area contributed by atoms with Crippen LogP contribution >= 0.6 is 0 Å². The lowest BCUT2D eigenvalue weighted by Gasteiger charge is -2.04. The lowest BCUT2D eigenvalue weighted by molar-refractivity contribution is -0.385. The molecule has 0 bridgehead atoms. The van der Waals surface area contributed by atoms with E-state index in [9.17, 15) is 20.0 Å². The second-order valence-corrected chi connectivity index (χ2v) is 4.30. The summed E-state index contributed by atoms with van der Waals surface area (Å²) in [4.78, 5) is 25.7. The van der Waals surface area contributed by atoms with Crippen LogP contribution in [0.3, 0.4) is 0 Å². The van der Waals surface area contributed by atoms with Crippen LogP contribution in [0.1, 0.15) is 16.2 Å². The summed E-state index contributed by atoms with van der Waals surface area (Å²) in [6.45, 7) is 0.320. The fourth-order valence-electron chi connectivity index (χ4n) is 1.71. The molecule has 2 aromatic rings. The molecule has 0 unspecified atom stereocenters. The summed E-state index contributed by atoms with van der Waals surface area (Å²) in [6, 6.07) is 3.43. The molecule has 2 rings (SSSR count). The zero-order valence-corrected chi connectivity index (χ0v) is 11.2. The molecule has 21 heavy (non-hydrogen) atoms. The molecule has 1 amide bonds. The molecule has 9 heteroatoms. The number of carbonyl (C=O) groups is 1. The molecule has 2 N–H and O–H groups in total. The number of nitro groups is 1. The van der Waals surface area contributed by atoms with Gasteiger partial charge in [0.05, 0.1) is 4.92 Å². The number of hydrogen-bond acceptors (Lipinski definition) is 6. The van der Waals surface area contributed by atoms with E-state index in [-0.39, 0.29) is 5.56 Å². The topological polar surface area (TPSA) is 123 Å². The molecule has 0 atom stereocenters. The first-order valence-corrected chi connectivity index (χ1v) is 6.07. The second-order valence-electron chi connectivity index (χ2n) is 4.30. The summed E-state index contributed by atoms with van der Waals surface area (Å²) in [6.07, 6.45) is 2.02. The highest BCUT2D eigenvalue weighted by Gasteiger charge is 2.15. The largest absolute Gasteiger partial charge is 0.502 e. The molecule has 0 fully saturated rings. The number of aromatic nitrogens is 3. The first-order valence-electron chi connectivity index (χ1n) is 6.07. The predicted octanol–water partition coefficient (Wildman–Crippen LogP) is 0.401. The molecule has 9 nitrogen and oxygen atoms in total. The molecule has 0 radical (unpaired) electrons. The molecule has 1 aromatic carbocycles. The van der Waals surface area contributed by atoms with Gasteiger partial charge in [0.15, 0.2) is 11.6 Å². The monoisotopic (exact) mass is 291 g/mol. The van der Waals surface area contributed by atoms with Gasteiger partial charge in [-0.2, -0.15) is 5.10 Å². The SMILES string of the molecule is Cn1cnc(CCNC(=O)c2ccc([N+](=O)[O-])c(O)c2)n1. The van der Waals surface area contributed by atoms with Crippen molar-refractivity contribution in [1.82, 2.24) is 20.1 Å². The number of amides is 1. The van der Waals surface area contributed by atoms with Crippen LogP contribution in [0.5, 0.6) is 5.75 Å². The Balaban J connectivity index is 1.94. The molecule has 0 saturated heterocycles. The van der Waals surface area contributed by atoms with Crippen LogP contribution in [0, 0.1) is 10.1 Å². The van der Waals surface area contributed by atoms with E-state index >= 15 is 0 Å². The quantitative estimate of drug-likeness (QED) is 0.607. The lowest BCUT2D eigenvalue weighted by atomic mass is 10.1. The standard InChI is InChI=1S/C12H13N5O4/c1-16-7-14-11(15-16)4-5-13-12(19)8-2-3-9(17(20)21)10(18)6-8/h2-3,6-7,18H,4-5H2,1H3,(H,13,19). The Morgan fingerprint density at radius 2 is 2.29 bits per heavy atom. The second kappa shape index (κ2) is 5.99. The number of aryl methyl sites for hydroxylation is 1. The molecule has 0 aliphatic rings. The number of benzene rings is 1. The molecule has 1 aromatic heterocycles. The highest BCUT2D eigenvalue weighted by Crippen LogP contribution is 2.26. The molecule has 0 aliphatic carbocycles. The third-order valence-corrected chi connectivity index (χ3v) is 2.72. The van der Waals surface area contributed by atoms with Crippen LogP contribution in [-0.2, 0) is 13.5 Å². The van der Waals surface area contributed by atoms with Gasteiger partial charge in [-0.25, -0.2) is 4.98 Å². The van der Waals surface area contributed by atoms with E-state index in [0.717, 1.165) is 12.1 Å². The van der Waals surface area contributed by atoms with E-state index in [1.54, 1.807) is 18.1 Å². The third kappa shape index (κ3) is 3.53. The Bertz CT molecular complexity index is 682. The van der Waals surface area contributed by atoms with Crippen LogP contribution in [0.25, 0.3) is 0 Å². The molecule has 110 valence electrons. The van der Waals surface area contributed by atoms with Gasteiger partial charge in [0, 0.05) is 31.6 Å². The van der Waals surface area contributed by atoms with Crippen molar-refractivity contribution >= 4 is 11.6 Å². The number of phenols is 1. The number of nitrogens with one attached hydrogen (secondary N) is 1. The summed E-state index contributed by atoms with van der Waals surface area (Å²) < 4.78 is 1.56.